The predicted molar refractivity (Wildman–Crippen MR) is 64.4 cm³/mol. The van der Waals surface area contributed by atoms with Crippen molar-refractivity contribution in [3.63, 3.8) is 0 Å². The fraction of sp³-hybridized carbons (Fsp3) is 0.385. The maximum Gasteiger partial charge on any atom is 0.0690 e. The molecule has 0 bridgehead atoms. The molecule has 1 atom stereocenters. The number of anilines is 1. The van der Waals surface area contributed by atoms with E-state index in [1.54, 1.807) is 6.20 Å². The average molecular weight is 213 g/mol. The van der Waals surface area contributed by atoms with Crippen LogP contribution in [0.5, 0.6) is 0 Å². The van der Waals surface area contributed by atoms with E-state index in [0.29, 0.717) is 5.69 Å². The van der Waals surface area contributed by atoms with Crippen molar-refractivity contribution in [2.45, 2.75) is 26.2 Å². The molecule has 1 aromatic rings. The number of allylic oxidation sites excluding steroid dienone is 1. The summed E-state index contributed by atoms with van der Waals surface area (Å²) in [5.74, 6) is 0.175. The maximum absolute atomic E-state index is 9.22. The highest BCUT2D eigenvalue weighted by molar-refractivity contribution is 5.58. The van der Waals surface area contributed by atoms with Gasteiger partial charge in [0.15, 0.2) is 0 Å². The van der Waals surface area contributed by atoms with Gasteiger partial charge in [-0.05, 0) is 38.0 Å². The molecular formula is C13H15N3. The predicted octanol–water partition coefficient (Wildman–Crippen LogP) is 2.71. The Morgan fingerprint density at radius 2 is 2.31 bits per heavy atom. The van der Waals surface area contributed by atoms with Gasteiger partial charge in [-0.25, -0.2) is 0 Å². The minimum atomic E-state index is -0.394. The number of rotatable bonds is 1. The third-order valence-electron chi connectivity index (χ3n) is 3.15. The van der Waals surface area contributed by atoms with Crippen molar-refractivity contribution < 1.29 is 0 Å². The van der Waals surface area contributed by atoms with Crippen molar-refractivity contribution in [1.82, 2.24) is 4.98 Å². The number of fused-ring (bicyclic) bond motifs is 1. The molecule has 2 rings (SSSR count). The van der Waals surface area contributed by atoms with Crippen molar-refractivity contribution in [2.75, 3.05) is 5.73 Å². The van der Waals surface area contributed by atoms with Gasteiger partial charge in [0.1, 0.15) is 0 Å². The second-order valence-electron chi connectivity index (χ2n) is 4.77. The second-order valence-corrected chi connectivity index (χ2v) is 4.77. The Morgan fingerprint density at radius 1 is 1.56 bits per heavy atom. The van der Waals surface area contributed by atoms with Gasteiger partial charge in [0.25, 0.3) is 0 Å². The Kier molecular flexibility index (Phi) is 2.43. The summed E-state index contributed by atoms with van der Waals surface area (Å²) in [5.41, 5.74) is 8.06. The third kappa shape index (κ3) is 1.67. The number of hydrogen-bond acceptors (Lipinski definition) is 3. The quantitative estimate of drug-likeness (QED) is 0.780. The highest BCUT2D eigenvalue weighted by atomic mass is 14.7. The van der Waals surface area contributed by atoms with E-state index in [1.165, 1.54) is 0 Å². The number of nitrogen functional groups attached to an aromatic ring is 1. The number of nitriles is 1. The van der Waals surface area contributed by atoms with E-state index in [2.05, 4.69) is 17.1 Å². The zero-order valence-electron chi connectivity index (χ0n) is 9.57. The lowest BCUT2D eigenvalue weighted by Gasteiger charge is -2.30. The summed E-state index contributed by atoms with van der Waals surface area (Å²) >= 11 is 0. The van der Waals surface area contributed by atoms with Crippen LogP contribution in [0.4, 0.5) is 5.69 Å². The van der Waals surface area contributed by atoms with Crippen LogP contribution in [-0.2, 0) is 0 Å². The SMILES string of the molecule is CC(C)(C#N)[C@H]1CC=Cc2ncc(N)cc21. The first kappa shape index (κ1) is 10.7. The molecule has 1 aliphatic rings. The van der Waals surface area contributed by atoms with Gasteiger partial charge in [-0.2, -0.15) is 5.26 Å². The Hall–Kier alpha value is -1.82. The molecule has 2 N–H and O–H groups in total. The molecule has 3 nitrogen and oxygen atoms in total. The van der Waals surface area contributed by atoms with Crippen LogP contribution in [-0.4, -0.2) is 4.98 Å². The van der Waals surface area contributed by atoms with Gasteiger partial charge in [0.2, 0.25) is 0 Å². The van der Waals surface area contributed by atoms with E-state index in [9.17, 15) is 5.26 Å². The van der Waals surface area contributed by atoms with E-state index < -0.39 is 5.41 Å². The Morgan fingerprint density at radius 3 is 3.00 bits per heavy atom. The van der Waals surface area contributed by atoms with Crippen LogP contribution < -0.4 is 5.73 Å². The van der Waals surface area contributed by atoms with E-state index >= 15 is 0 Å². The highest BCUT2D eigenvalue weighted by Gasteiger charge is 2.33. The number of nitrogens with zero attached hydrogens (tertiary/aromatic N) is 2. The number of pyridine rings is 1. The monoisotopic (exact) mass is 213 g/mol. The minimum Gasteiger partial charge on any atom is -0.397 e. The largest absolute Gasteiger partial charge is 0.397 e. The summed E-state index contributed by atoms with van der Waals surface area (Å²) in [7, 11) is 0. The molecule has 0 aliphatic heterocycles. The van der Waals surface area contributed by atoms with E-state index in [-0.39, 0.29) is 5.92 Å². The lowest BCUT2D eigenvalue weighted by molar-refractivity contribution is 0.383. The molecule has 3 heteroatoms. The van der Waals surface area contributed by atoms with Gasteiger partial charge in [-0.3, -0.25) is 4.98 Å². The molecule has 0 spiro atoms. The molecule has 0 saturated carbocycles. The maximum atomic E-state index is 9.22. The van der Waals surface area contributed by atoms with Crippen LogP contribution in [0.2, 0.25) is 0 Å². The first-order valence-electron chi connectivity index (χ1n) is 5.38. The van der Waals surface area contributed by atoms with E-state index in [0.717, 1.165) is 17.7 Å². The van der Waals surface area contributed by atoms with Gasteiger partial charge < -0.3 is 5.73 Å². The zero-order chi connectivity index (χ0) is 11.8. The van der Waals surface area contributed by atoms with Crippen molar-refractivity contribution in [2.24, 2.45) is 5.41 Å². The van der Waals surface area contributed by atoms with Gasteiger partial charge in [-0.15, -0.1) is 0 Å². The molecule has 1 aromatic heterocycles. The van der Waals surface area contributed by atoms with Crippen LogP contribution in [0.1, 0.15) is 37.4 Å². The molecule has 0 fully saturated rings. The molecule has 1 aliphatic carbocycles. The van der Waals surface area contributed by atoms with Gasteiger partial charge in [0.05, 0.1) is 29.1 Å². The van der Waals surface area contributed by atoms with Crippen LogP contribution in [0.25, 0.3) is 6.08 Å². The van der Waals surface area contributed by atoms with Gasteiger partial charge in [-0.1, -0.05) is 6.08 Å². The van der Waals surface area contributed by atoms with E-state index in [1.807, 2.05) is 26.0 Å². The molecule has 0 saturated heterocycles. The summed E-state index contributed by atoms with van der Waals surface area (Å²) in [6.07, 6.45) is 6.61. The fourth-order valence-electron chi connectivity index (χ4n) is 2.13. The normalized spacial score (nSPS) is 18.9. The van der Waals surface area contributed by atoms with Crippen molar-refractivity contribution in [3.8, 4) is 6.07 Å². The Labute approximate surface area is 95.6 Å². The molecule has 0 amide bonds. The lowest BCUT2D eigenvalue weighted by atomic mass is 9.72. The third-order valence-corrected chi connectivity index (χ3v) is 3.15. The van der Waals surface area contributed by atoms with Gasteiger partial charge in [0, 0.05) is 5.92 Å². The van der Waals surface area contributed by atoms with Crippen LogP contribution >= 0.6 is 0 Å². The van der Waals surface area contributed by atoms with Crippen molar-refractivity contribution in [3.05, 3.63) is 29.6 Å². The van der Waals surface area contributed by atoms with Gasteiger partial charge >= 0.3 is 0 Å². The molecule has 0 aromatic carbocycles. The second kappa shape index (κ2) is 3.64. The smallest absolute Gasteiger partial charge is 0.0690 e. The van der Waals surface area contributed by atoms with Crippen molar-refractivity contribution >= 4 is 11.8 Å². The molecule has 0 unspecified atom stereocenters. The molecule has 0 radical (unpaired) electrons. The van der Waals surface area contributed by atoms with Crippen LogP contribution in [0, 0.1) is 16.7 Å². The Balaban J connectivity index is 2.52. The van der Waals surface area contributed by atoms with Crippen LogP contribution in [0.3, 0.4) is 0 Å². The first-order chi connectivity index (χ1) is 7.54. The van der Waals surface area contributed by atoms with Crippen LogP contribution in [0.15, 0.2) is 18.3 Å². The molecular weight excluding hydrogens is 198 g/mol. The standard InChI is InChI=1S/C13H15N3/c1-13(2,8-14)11-4-3-5-12-10(11)6-9(15)7-16-12/h3,5-7,11H,4,15H2,1-2H3/t11-/m0/s1. The number of hydrogen-bond donors (Lipinski definition) is 1. The molecule has 82 valence electrons. The summed E-state index contributed by atoms with van der Waals surface area (Å²) < 4.78 is 0. The van der Waals surface area contributed by atoms with Crippen molar-refractivity contribution in [1.29, 1.82) is 5.26 Å². The number of aromatic nitrogens is 1. The minimum absolute atomic E-state index is 0.175. The topological polar surface area (TPSA) is 62.7 Å². The zero-order valence-corrected chi connectivity index (χ0v) is 9.57. The summed E-state index contributed by atoms with van der Waals surface area (Å²) in [5, 5.41) is 9.22. The molecule has 16 heavy (non-hydrogen) atoms. The fourth-order valence-corrected chi connectivity index (χ4v) is 2.13. The average Bonchev–Trinajstić information content (AvgIpc) is 2.28. The number of nitrogens with two attached hydrogens (primary N) is 1. The lowest BCUT2D eigenvalue weighted by Crippen LogP contribution is -2.22. The summed E-state index contributed by atoms with van der Waals surface area (Å²) in [6, 6.07) is 4.31. The highest BCUT2D eigenvalue weighted by Crippen LogP contribution is 2.42. The summed E-state index contributed by atoms with van der Waals surface area (Å²) in [6.45, 7) is 3.92. The summed E-state index contributed by atoms with van der Waals surface area (Å²) in [4.78, 5) is 4.30. The first-order valence-corrected chi connectivity index (χ1v) is 5.38. The van der Waals surface area contributed by atoms with E-state index in [4.69, 9.17) is 5.73 Å². The Bertz CT molecular complexity index is 480. The molecule has 1 heterocycles.